The Morgan fingerprint density at radius 3 is 2.79 bits per heavy atom. The van der Waals surface area contributed by atoms with Crippen LogP contribution in [0.5, 0.6) is 5.75 Å². The van der Waals surface area contributed by atoms with Crippen molar-refractivity contribution >= 4 is 12.6 Å². The van der Waals surface area contributed by atoms with Crippen LogP contribution >= 0.6 is 0 Å². The van der Waals surface area contributed by atoms with E-state index in [2.05, 4.69) is 0 Å². The predicted octanol–water partition coefficient (Wildman–Crippen LogP) is 0.648. The van der Waals surface area contributed by atoms with Crippen molar-refractivity contribution in [1.29, 1.82) is 0 Å². The van der Waals surface area contributed by atoms with Gasteiger partial charge in [-0.2, -0.15) is 0 Å². The molecule has 3 nitrogen and oxygen atoms in total. The Morgan fingerprint density at radius 1 is 1.43 bits per heavy atom. The monoisotopic (exact) mass is 192 g/mol. The van der Waals surface area contributed by atoms with Crippen LogP contribution < -0.4 is 10.2 Å². The number of benzene rings is 1. The summed E-state index contributed by atoms with van der Waals surface area (Å²) in [5, 5.41) is 9.62. The van der Waals surface area contributed by atoms with Crippen molar-refractivity contribution in [1.82, 2.24) is 0 Å². The minimum atomic E-state index is -0.814. The van der Waals surface area contributed by atoms with Crippen LogP contribution in [-0.4, -0.2) is 19.3 Å². The summed E-state index contributed by atoms with van der Waals surface area (Å²) in [6.07, 6.45) is 0. The zero-order valence-corrected chi connectivity index (χ0v) is 8.57. The van der Waals surface area contributed by atoms with Crippen molar-refractivity contribution in [3.63, 3.8) is 0 Å². The quantitative estimate of drug-likeness (QED) is 0.664. The molecule has 1 N–H and O–H groups in total. The molecule has 1 heterocycles. The van der Waals surface area contributed by atoms with E-state index < -0.39 is 12.7 Å². The maximum atomic E-state index is 9.62. The molecular formula is C10H13BO3. The first-order chi connectivity index (χ1) is 6.54. The molecule has 0 spiro atoms. The highest BCUT2D eigenvalue weighted by molar-refractivity contribution is 6.61. The lowest BCUT2D eigenvalue weighted by atomic mass is 9.78. The van der Waals surface area contributed by atoms with Gasteiger partial charge in [0.2, 0.25) is 0 Å². The van der Waals surface area contributed by atoms with Gasteiger partial charge in [0.1, 0.15) is 5.75 Å². The summed E-state index contributed by atoms with van der Waals surface area (Å²) in [5.74, 6) is 0.787. The van der Waals surface area contributed by atoms with Crippen LogP contribution in [0.4, 0.5) is 0 Å². The lowest BCUT2D eigenvalue weighted by molar-refractivity contribution is 0.101. The highest BCUT2D eigenvalue weighted by Gasteiger charge is 2.40. The smallest absolute Gasteiger partial charge is 0.492 e. The van der Waals surface area contributed by atoms with Crippen molar-refractivity contribution in [2.45, 2.75) is 19.4 Å². The first kappa shape index (κ1) is 9.56. The molecule has 2 rings (SSSR count). The molecule has 0 aliphatic carbocycles. The molecule has 1 aliphatic heterocycles. The second-order valence-electron chi connectivity index (χ2n) is 3.93. The van der Waals surface area contributed by atoms with E-state index in [0.717, 1.165) is 16.8 Å². The van der Waals surface area contributed by atoms with Gasteiger partial charge < -0.3 is 14.4 Å². The zero-order valence-electron chi connectivity index (χ0n) is 8.57. The van der Waals surface area contributed by atoms with Gasteiger partial charge in [0.25, 0.3) is 0 Å². The summed E-state index contributed by atoms with van der Waals surface area (Å²) in [7, 11) is 0.812. The highest BCUT2D eigenvalue weighted by atomic mass is 16.5. The third-order valence-electron chi connectivity index (χ3n) is 2.58. The van der Waals surface area contributed by atoms with Gasteiger partial charge in [-0.05, 0) is 37.0 Å². The van der Waals surface area contributed by atoms with Crippen LogP contribution in [0.25, 0.3) is 0 Å². The van der Waals surface area contributed by atoms with Gasteiger partial charge in [-0.15, -0.1) is 0 Å². The van der Waals surface area contributed by atoms with Gasteiger partial charge in [-0.3, -0.25) is 0 Å². The number of ether oxygens (including phenoxy) is 1. The fourth-order valence-corrected chi connectivity index (χ4v) is 1.81. The molecule has 0 saturated heterocycles. The second-order valence-corrected chi connectivity index (χ2v) is 3.93. The number of rotatable bonds is 1. The van der Waals surface area contributed by atoms with E-state index in [1.54, 1.807) is 7.11 Å². The van der Waals surface area contributed by atoms with E-state index in [0.29, 0.717) is 0 Å². The van der Waals surface area contributed by atoms with E-state index in [1.807, 2.05) is 32.0 Å². The van der Waals surface area contributed by atoms with E-state index in [-0.39, 0.29) is 0 Å². The Balaban J connectivity index is 2.53. The van der Waals surface area contributed by atoms with Crippen LogP contribution in [0.3, 0.4) is 0 Å². The molecule has 74 valence electrons. The largest absolute Gasteiger partial charge is 0.497 e. The van der Waals surface area contributed by atoms with Gasteiger partial charge in [0, 0.05) is 0 Å². The summed E-state index contributed by atoms with van der Waals surface area (Å²) in [6, 6.07) is 5.58. The average Bonchev–Trinajstić information content (AvgIpc) is 2.37. The normalized spacial score (nSPS) is 18.1. The Labute approximate surface area is 83.8 Å². The number of methoxy groups -OCH3 is 1. The molecule has 0 amide bonds. The van der Waals surface area contributed by atoms with E-state index in [4.69, 9.17) is 9.39 Å². The maximum absolute atomic E-state index is 9.62. The molecule has 0 unspecified atom stereocenters. The molecule has 0 radical (unpaired) electrons. The van der Waals surface area contributed by atoms with E-state index >= 15 is 0 Å². The van der Waals surface area contributed by atoms with Crippen molar-refractivity contribution in [2.24, 2.45) is 0 Å². The lowest BCUT2D eigenvalue weighted by Crippen LogP contribution is -2.28. The summed E-state index contributed by atoms with van der Waals surface area (Å²) >= 11 is 0. The number of hydrogen-bond donors (Lipinski definition) is 1. The minimum Gasteiger partial charge on any atom is -0.497 e. The first-order valence-corrected chi connectivity index (χ1v) is 4.59. The van der Waals surface area contributed by atoms with Gasteiger partial charge in [0.05, 0.1) is 12.7 Å². The van der Waals surface area contributed by atoms with Crippen molar-refractivity contribution in [2.75, 3.05) is 7.11 Å². The van der Waals surface area contributed by atoms with Crippen molar-refractivity contribution < 1.29 is 14.4 Å². The Kier molecular flexibility index (Phi) is 2.05. The summed E-state index contributed by atoms with van der Waals surface area (Å²) in [4.78, 5) is 0. The number of hydrogen-bond acceptors (Lipinski definition) is 3. The Bertz CT molecular complexity index is 362. The lowest BCUT2D eigenvalue weighted by Gasteiger charge is -2.19. The summed E-state index contributed by atoms with van der Waals surface area (Å²) in [6.45, 7) is 3.86. The number of fused-ring (bicyclic) bond motifs is 1. The predicted molar refractivity (Wildman–Crippen MR) is 54.7 cm³/mol. The topological polar surface area (TPSA) is 38.7 Å². The molecule has 1 aromatic rings. The highest BCUT2D eigenvalue weighted by Crippen LogP contribution is 2.31. The molecule has 0 atom stereocenters. The standard InChI is InChI=1S/C10H13BO3/c1-10(2)8-6-7(13-3)4-5-9(8)11(12)14-10/h4-6,12H,1-3H3. The zero-order chi connectivity index (χ0) is 10.3. The molecule has 14 heavy (non-hydrogen) atoms. The minimum absolute atomic E-state index is 0.441. The Hall–Kier alpha value is -0.995. The maximum Gasteiger partial charge on any atom is 0.492 e. The van der Waals surface area contributed by atoms with Gasteiger partial charge in [-0.1, -0.05) is 6.07 Å². The van der Waals surface area contributed by atoms with Crippen molar-refractivity contribution in [3.05, 3.63) is 23.8 Å². The first-order valence-electron chi connectivity index (χ1n) is 4.59. The van der Waals surface area contributed by atoms with Crippen LogP contribution in [0.2, 0.25) is 0 Å². The fourth-order valence-electron chi connectivity index (χ4n) is 1.81. The third kappa shape index (κ3) is 1.31. The third-order valence-corrected chi connectivity index (χ3v) is 2.58. The molecule has 0 bridgehead atoms. The van der Waals surface area contributed by atoms with Gasteiger partial charge >= 0.3 is 7.12 Å². The average molecular weight is 192 g/mol. The summed E-state index contributed by atoms with van der Waals surface area (Å²) < 4.78 is 10.5. The van der Waals surface area contributed by atoms with Crippen LogP contribution in [-0.2, 0) is 10.3 Å². The van der Waals surface area contributed by atoms with E-state index in [9.17, 15) is 5.02 Å². The SMILES string of the molecule is COc1ccc2c(c1)C(C)(C)OB2O. The molecule has 0 saturated carbocycles. The Morgan fingerprint density at radius 2 is 2.14 bits per heavy atom. The van der Waals surface area contributed by atoms with Gasteiger partial charge in [0.15, 0.2) is 0 Å². The van der Waals surface area contributed by atoms with Crippen molar-refractivity contribution in [3.8, 4) is 5.75 Å². The molecule has 1 aromatic carbocycles. The molecule has 4 heteroatoms. The molecule has 0 fully saturated rings. The fraction of sp³-hybridized carbons (Fsp3) is 0.400. The molecular weight excluding hydrogens is 179 g/mol. The van der Waals surface area contributed by atoms with Crippen LogP contribution in [0, 0.1) is 0 Å². The second kappa shape index (κ2) is 3.00. The van der Waals surface area contributed by atoms with E-state index in [1.165, 1.54) is 0 Å². The molecule has 0 aromatic heterocycles. The van der Waals surface area contributed by atoms with Crippen LogP contribution in [0.1, 0.15) is 19.4 Å². The summed E-state index contributed by atoms with van der Waals surface area (Å²) in [5.41, 5.74) is 1.38. The molecule has 1 aliphatic rings. The van der Waals surface area contributed by atoms with Gasteiger partial charge in [-0.25, -0.2) is 0 Å². The van der Waals surface area contributed by atoms with Crippen LogP contribution in [0.15, 0.2) is 18.2 Å².